The van der Waals surface area contributed by atoms with Crippen molar-refractivity contribution in [3.63, 3.8) is 0 Å². The van der Waals surface area contributed by atoms with Crippen molar-refractivity contribution < 1.29 is 13.9 Å². The Morgan fingerprint density at radius 1 is 1.47 bits per heavy atom. The van der Waals surface area contributed by atoms with Gasteiger partial charge in [-0.25, -0.2) is 14.2 Å². The van der Waals surface area contributed by atoms with E-state index >= 15 is 0 Å². The number of carbonyl (C=O) groups excluding carboxylic acids is 1. The zero-order valence-electron chi connectivity index (χ0n) is 9.25. The second-order valence-corrected chi connectivity index (χ2v) is 4.43. The summed E-state index contributed by atoms with van der Waals surface area (Å²) in [7, 11) is 1.26. The van der Waals surface area contributed by atoms with Crippen molar-refractivity contribution in [3.8, 4) is 0 Å². The van der Waals surface area contributed by atoms with E-state index in [1.165, 1.54) is 13.2 Å². The molecule has 2 rings (SSSR count). The maximum absolute atomic E-state index is 13.9. The molecule has 0 amide bonds. The van der Waals surface area contributed by atoms with E-state index in [0.717, 1.165) is 0 Å². The van der Waals surface area contributed by atoms with Crippen molar-refractivity contribution in [1.82, 2.24) is 4.98 Å². The van der Waals surface area contributed by atoms with Gasteiger partial charge in [0.15, 0.2) is 5.82 Å². The van der Waals surface area contributed by atoms with Gasteiger partial charge in [0.05, 0.1) is 7.11 Å². The van der Waals surface area contributed by atoms with Gasteiger partial charge >= 0.3 is 5.97 Å². The highest BCUT2D eigenvalue weighted by atomic mass is 79.9. The Balaban J connectivity index is 2.79. The summed E-state index contributed by atoms with van der Waals surface area (Å²) >= 11 is 3.29. The van der Waals surface area contributed by atoms with Crippen molar-refractivity contribution in [2.75, 3.05) is 7.11 Å². The maximum atomic E-state index is 13.9. The third kappa shape index (κ3) is 2.02. The van der Waals surface area contributed by atoms with Crippen LogP contribution in [0, 0.1) is 12.7 Å². The van der Waals surface area contributed by atoms with Gasteiger partial charge in [-0.3, -0.25) is 0 Å². The van der Waals surface area contributed by atoms with E-state index in [0.29, 0.717) is 15.4 Å². The molecule has 5 heteroatoms. The largest absolute Gasteiger partial charge is 0.464 e. The van der Waals surface area contributed by atoms with Crippen molar-refractivity contribution in [1.29, 1.82) is 0 Å². The fourth-order valence-corrected chi connectivity index (χ4v) is 2.06. The number of hydrogen-bond acceptors (Lipinski definition) is 3. The van der Waals surface area contributed by atoms with Crippen LogP contribution in [0.1, 0.15) is 16.1 Å². The molecule has 17 heavy (non-hydrogen) atoms. The van der Waals surface area contributed by atoms with Gasteiger partial charge in [0, 0.05) is 9.86 Å². The maximum Gasteiger partial charge on any atom is 0.356 e. The molecule has 0 aliphatic heterocycles. The standard InChI is InChI=1S/C12H9BrFNO2/c1-6-3-4-7-8(13)5-9(12(16)17-2)15-11(7)10(6)14/h3-5H,1-2H3. The normalized spacial score (nSPS) is 10.6. The second-order valence-electron chi connectivity index (χ2n) is 3.57. The van der Waals surface area contributed by atoms with Gasteiger partial charge in [-0.05, 0) is 18.6 Å². The molecule has 0 N–H and O–H groups in total. The Morgan fingerprint density at radius 2 is 2.18 bits per heavy atom. The van der Waals surface area contributed by atoms with Crippen LogP contribution >= 0.6 is 15.9 Å². The molecule has 0 saturated heterocycles. The van der Waals surface area contributed by atoms with Gasteiger partial charge in [-0.15, -0.1) is 0 Å². The Bertz CT molecular complexity index is 613. The van der Waals surface area contributed by atoms with Crippen LogP contribution in [0.15, 0.2) is 22.7 Å². The SMILES string of the molecule is COC(=O)c1cc(Br)c2ccc(C)c(F)c2n1. The topological polar surface area (TPSA) is 39.2 Å². The first-order valence-electron chi connectivity index (χ1n) is 4.88. The van der Waals surface area contributed by atoms with E-state index in [9.17, 15) is 9.18 Å². The molecule has 2 aromatic rings. The zero-order chi connectivity index (χ0) is 12.6. The van der Waals surface area contributed by atoms with Crippen LogP contribution in [0.3, 0.4) is 0 Å². The summed E-state index contributed by atoms with van der Waals surface area (Å²) in [6, 6.07) is 4.94. The Hall–Kier alpha value is -1.49. The van der Waals surface area contributed by atoms with Crippen molar-refractivity contribution in [3.05, 3.63) is 39.7 Å². The molecule has 1 aromatic heterocycles. The number of aryl methyl sites for hydroxylation is 1. The Morgan fingerprint density at radius 3 is 2.82 bits per heavy atom. The first-order valence-corrected chi connectivity index (χ1v) is 5.67. The Labute approximate surface area is 106 Å². The molecule has 0 aliphatic rings. The molecule has 0 saturated carbocycles. The van der Waals surface area contributed by atoms with E-state index in [-0.39, 0.29) is 11.2 Å². The summed E-state index contributed by atoms with van der Waals surface area (Å²) < 4.78 is 19.1. The molecule has 0 atom stereocenters. The summed E-state index contributed by atoms with van der Waals surface area (Å²) in [5.74, 6) is -1.01. The number of ether oxygens (including phenoxy) is 1. The Kier molecular flexibility index (Phi) is 3.11. The van der Waals surface area contributed by atoms with Gasteiger partial charge in [0.25, 0.3) is 0 Å². The minimum Gasteiger partial charge on any atom is -0.464 e. The lowest BCUT2D eigenvalue weighted by Gasteiger charge is -2.06. The summed E-state index contributed by atoms with van der Waals surface area (Å²) in [6.07, 6.45) is 0. The molecule has 0 fully saturated rings. The second kappa shape index (κ2) is 4.41. The van der Waals surface area contributed by atoms with Crippen LogP contribution in [0.4, 0.5) is 4.39 Å². The number of halogens is 2. The number of carbonyl (C=O) groups is 1. The smallest absolute Gasteiger partial charge is 0.356 e. The highest BCUT2D eigenvalue weighted by Gasteiger charge is 2.14. The molecule has 0 unspecified atom stereocenters. The summed E-state index contributed by atoms with van der Waals surface area (Å²) in [5, 5.41) is 0.626. The monoisotopic (exact) mass is 297 g/mol. The lowest BCUT2D eigenvalue weighted by Crippen LogP contribution is -2.05. The first kappa shape index (κ1) is 12.0. The van der Waals surface area contributed by atoms with Crippen LogP contribution in [0.2, 0.25) is 0 Å². The van der Waals surface area contributed by atoms with E-state index in [1.54, 1.807) is 19.1 Å². The molecule has 0 bridgehead atoms. The van der Waals surface area contributed by atoms with Gasteiger partial charge in [0.1, 0.15) is 11.2 Å². The predicted octanol–water partition coefficient (Wildman–Crippen LogP) is 3.23. The quantitative estimate of drug-likeness (QED) is 0.759. The molecular formula is C12H9BrFNO2. The number of hydrogen-bond donors (Lipinski definition) is 0. The number of methoxy groups -OCH3 is 1. The predicted molar refractivity (Wildman–Crippen MR) is 65.5 cm³/mol. The molecular weight excluding hydrogens is 289 g/mol. The van der Waals surface area contributed by atoms with Crippen LogP contribution in [0.25, 0.3) is 10.9 Å². The van der Waals surface area contributed by atoms with Crippen LogP contribution in [-0.2, 0) is 4.74 Å². The summed E-state index contributed by atoms with van der Waals surface area (Å²) in [5.41, 5.74) is 0.732. The van der Waals surface area contributed by atoms with Gasteiger partial charge in [-0.2, -0.15) is 0 Å². The number of nitrogens with zero attached hydrogens (tertiary/aromatic N) is 1. The average Bonchev–Trinajstić information content (AvgIpc) is 2.33. The number of rotatable bonds is 1. The van der Waals surface area contributed by atoms with Crippen molar-refractivity contribution >= 4 is 32.8 Å². The first-order chi connectivity index (χ1) is 8.04. The number of aromatic nitrogens is 1. The lowest BCUT2D eigenvalue weighted by molar-refractivity contribution is 0.0594. The number of pyridine rings is 1. The highest BCUT2D eigenvalue weighted by molar-refractivity contribution is 9.10. The number of esters is 1. The van der Waals surface area contributed by atoms with Gasteiger partial charge in [0.2, 0.25) is 0 Å². The zero-order valence-corrected chi connectivity index (χ0v) is 10.8. The number of fused-ring (bicyclic) bond motifs is 1. The van der Waals surface area contributed by atoms with E-state index < -0.39 is 11.8 Å². The molecule has 0 spiro atoms. The van der Waals surface area contributed by atoms with Crippen molar-refractivity contribution in [2.45, 2.75) is 6.92 Å². The molecule has 1 aromatic carbocycles. The molecule has 3 nitrogen and oxygen atoms in total. The molecule has 0 radical (unpaired) electrons. The van der Waals surface area contributed by atoms with Crippen LogP contribution in [0.5, 0.6) is 0 Å². The minimum atomic E-state index is -0.589. The fourth-order valence-electron chi connectivity index (χ4n) is 1.53. The lowest BCUT2D eigenvalue weighted by atomic mass is 10.1. The average molecular weight is 298 g/mol. The molecule has 1 heterocycles. The fraction of sp³-hybridized carbons (Fsp3) is 0.167. The van der Waals surface area contributed by atoms with Gasteiger partial charge < -0.3 is 4.74 Å². The van der Waals surface area contributed by atoms with Crippen LogP contribution in [-0.4, -0.2) is 18.1 Å². The summed E-state index contributed by atoms with van der Waals surface area (Å²) in [6.45, 7) is 1.65. The third-order valence-corrected chi connectivity index (χ3v) is 3.11. The summed E-state index contributed by atoms with van der Waals surface area (Å²) in [4.78, 5) is 15.4. The van der Waals surface area contributed by atoms with E-state index in [4.69, 9.17) is 0 Å². The van der Waals surface area contributed by atoms with Gasteiger partial charge in [-0.1, -0.05) is 28.1 Å². The van der Waals surface area contributed by atoms with Crippen molar-refractivity contribution in [2.24, 2.45) is 0 Å². The minimum absolute atomic E-state index is 0.0800. The number of benzene rings is 1. The third-order valence-electron chi connectivity index (χ3n) is 2.46. The molecule has 88 valence electrons. The van der Waals surface area contributed by atoms with E-state index in [2.05, 4.69) is 25.7 Å². The van der Waals surface area contributed by atoms with E-state index in [1.807, 2.05) is 0 Å². The van der Waals surface area contributed by atoms with Crippen LogP contribution < -0.4 is 0 Å². The molecule has 0 aliphatic carbocycles. The highest BCUT2D eigenvalue weighted by Crippen LogP contribution is 2.27.